The minimum atomic E-state index is -0.876. The normalized spacial score (nSPS) is 12.8. The molecule has 0 aromatic heterocycles. The van der Waals surface area contributed by atoms with E-state index in [4.69, 9.17) is 10.5 Å². The zero-order chi connectivity index (χ0) is 19.9. The van der Waals surface area contributed by atoms with Crippen molar-refractivity contribution >= 4 is 45.2 Å². The Hall–Kier alpha value is -1.26. The summed E-state index contributed by atoms with van der Waals surface area (Å²) in [5.41, 5.74) is 5.66. The number of rotatable bonds is 14. The van der Waals surface area contributed by atoms with Crippen LogP contribution in [0.1, 0.15) is 39.5 Å². The molecule has 0 fully saturated rings. The third-order valence-corrected chi connectivity index (χ3v) is 5.72. The summed E-state index contributed by atoms with van der Waals surface area (Å²) in [6, 6.07) is -1.57. The van der Waals surface area contributed by atoms with Gasteiger partial charge in [-0.2, -0.15) is 0 Å². The maximum absolute atomic E-state index is 12.3. The molecule has 0 aliphatic rings. The van der Waals surface area contributed by atoms with Gasteiger partial charge in [-0.15, -0.1) is 0 Å². The molecule has 0 radical (unpaired) electrons. The Balaban J connectivity index is 4.54. The van der Waals surface area contributed by atoms with Gasteiger partial charge in [0.05, 0.1) is 26.2 Å². The first kappa shape index (κ1) is 24.7. The molecule has 3 N–H and O–H groups in total. The van der Waals surface area contributed by atoms with Crippen LogP contribution in [0.15, 0.2) is 0 Å². The van der Waals surface area contributed by atoms with Crippen LogP contribution in [0.4, 0.5) is 0 Å². The number of methoxy groups -OCH3 is 1. The highest BCUT2D eigenvalue weighted by molar-refractivity contribution is 8.76. The van der Waals surface area contributed by atoms with Crippen LogP contribution in [0, 0.1) is 0 Å². The van der Waals surface area contributed by atoms with Gasteiger partial charge in [0.2, 0.25) is 5.91 Å². The minimum Gasteiger partial charge on any atom is -0.469 e. The molecule has 8 nitrogen and oxygen atoms in total. The van der Waals surface area contributed by atoms with E-state index in [2.05, 4.69) is 10.1 Å². The number of hydrogen-bond donors (Lipinski definition) is 2. The van der Waals surface area contributed by atoms with E-state index in [1.807, 2.05) is 6.92 Å². The molecule has 0 aromatic rings. The smallest absolute Gasteiger partial charge is 0.322 e. The van der Waals surface area contributed by atoms with E-state index in [-0.39, 0.29) is 44.0 Å². The first-order valence-electron chi connectivity index (χ1n) is 8.41. The lowest BCUT2D eigenvalue weighted by atomic mass is 10.1. The number of carbonyl (C=O) groups is 4. The van der Waals surface area contributed by atoms with E-state index in [1.165, 1.54) is 17.9 Å². The molecule has 0 aliphatic heterocycles. The second kappa shape index (κ2) is 14.9. The molecule has 0 spiro atoms. The van der Waals surface area contributed by atoms with Crippen molar-refractivity contribution < 1.29 is 28.7 Å². The summed E-state index contributed by atoms with van der Waals surface area (Å²) in [5.74, 6) is -0.365. The summed E-state index contributed by atoms with van der Waals surface area (Å²) in [6.45, 7) is 3.89. The van der Waals surface area contributed by atoms with E-state index in [9.17, 15) is 19.2 Å². The van der Waals surface area contributed by atoms with Crippen molar-refractivity contribution in [2.45, 2.75) is 51.6 Å². The maximum atomic E-state index is 12.3. The average molecular weight is 409 g/mol. The molecule has 10 heteroatoms. The number of ether oxygens (including phenoxy) is 2. The van der Waals surface area contributed by atoms with Gasteiger partial charge < -0.3 is 20.5 Å². The first-order valence-corrected chi connectivity index (χ1v) is 10.9. The molecule has 1 amide bonds. The Morgan fingerprint density at radius 2 is 1.77 bits per heavy atom. The monoisotopic (exact) mass is 408 g/mol. The largest absolute Gasteiger partial charge is 0.469 e. The van der Waals surface area contributed by atoms with Gasteiger partial charge in [-0.25, -0.2) is 0 Å². The van der Waals surface area contributed by atoms with Crippen LogP contribution in [0.2, 0.25) is 0 Å². The zero-order valence-corrected chi connectivity index (χ0v) is 17.1. The van der Waals surface area contributed by atoms with Crippen molar-refractivity contribution in [3.05, 3.63) is 0 Å². The summed E-state index contributed by atoms with van der Waals surface area (Å²) in [7, 11) is 4.31. The molecule has 0 heterocycles. The molecule has 0 aliphatic carbocycles. The second-order valence-corrected chi connectivity index (χ2v) is 8.05. The topological polar surface area (TPSA) is 125 Å². The lowest BCUT2D eigenvalue weighted by Crippen LogP contribution is -2.43. The average Bonchev–Trinajstić information content (AvgIpc) is 2.63. The van der Waals surface area contributed by atoms with Gasteiger partial charge in [0, 0.05) is 24.3 Å². The Labute approximate surface area is 162 Å². The van der Waals surface area contributed by atoms with Gasteiger partial charge in [0.15, 0.2) is 5.78 Å². The molecule has 2 atom stereocenters. The van der Waals surface area contributed by atoms with Gasteiger partial charge in [-0.05, 0) is 13.3 Å². The van der Waals surface area contributed by atoms with Crippen LogP contribution in [0.5, 0.6) is 0 Å². The molecular weight excluding hydrogens is 380 g/mol. The molecule has 0 aromatic carbocycles. The van der Waals surface area contributed by atoms with Crippen molar-refractivity contribution in [1.82, 2.24) is 5.32 Å². The number of hydrogen-bond acceptors (Lipinski definition) is 9. The van der Waals surface area contributed by atoms with Crippen LogP contribution < -0.4 is 11.1 Å². The summed E-state index contributed by atoms with van der Waals surface area (Å²) in [5, 5.41) is 2.66. The highest BCUT2D eigenvalue weighted by Gasteiger charge is 2.23. The Morgan fingerprint density at radius 1 is 1.08 bits per heavy atom. The number of amides is 1. The van der Waals surface area contributed by atoms with Crippen molar-refractivity contribution in [2.24, 2.45) is 5.73 Å². The molecule has 0 saturated carbocycles. The van der Waals surface area contributed by atoms with Gasteiger partial charge >= 0.3 is 11.9 Å². The predicted molar refractivity (Wildman–Crippen MR) is 103 cm³/mol. The van der Waals surface area contributed by atoms with Crippen molar-refractivity contribution in [2.75, 3.05) is 25.2 Å². The minimum absolute atomic E-state index is 0.00267. The van der Waals surface area contributed by atoms with E-state index in [1.54, 1.807) is 17.7 Å². The van der Waals surface area contributed by atoms with Crippen LogP contribution in [-0.4, -0.2) is 60.9 Å². The molecule has 2 unspecified atom stereocenters. The molecule has 0 bridgehead atoms. The second-order valence-electron chi connectivity index (χ2n) is 5.25. The molecular formula is C16H28N2O6S2. The Bertz CT molecular complexity index is 476. The third-order valence-electron chi connectivity index (χ3n) is 3.23. The number of nitrogens with two attached hydrogens (primary N) is 1. The van der Waals surface area contributed by atoms with Gasteiger partial charge in [-0.1, -0.05) is 28.5 Å². The Kier molecular flexibility index (Phi) is 14.1. The number of carbonyl (C=O) groups excluding carboxylic acids is 4. The van der Waals surface area contributed by atoms with Crippen molar-refractivity contribution in [3.8, 4) is 0 Å². The highest BCUT2D eigenvalue weighted by Crippen LogP contribution is 2.22. The fourth-order valence-corrected chi connectivity index (χ4v) is 3.70. The van der Waals surface area contributed by atoms with Crippen LogP contribution in [0.3, 0.4) is 0 Å². The number of esters is 2. The van der Waals surface area contributed by atoms with Crippen LogP contribution in [0.25, 0.3) is 0 Å². The lowest BCUT2D eigenvalue weighted by Gasteiger charge is -2.17. The van der Waals surface area contributed by atoms with E-state index in [0.717, 1.165) is 5.75 Å². The van der Waals surface area contributed by atoms with E-state index in [0.29, 0.717) is 5.75 Å². The fourth-order valence-electron chi connectivity index (χ4n) is 1.84. The van der Waals surface area contributed by atoms with Gasteiger partial charge in [0.1, 0.15) is 6.04 Å². The number of Topliss-reactive ketones (excluding diaryl/α,β-unsaturated/α-hetero) is 1. The molecule has 150 valence electrons. The fraction of sp³-hybridized carbons (Fsp3) is 0.750. The third kappa shape index (κ3) is 11.4. The molecule has 26 heavy (non-hydrogen) atoms. The standard InChI is InChI=1S/C16H28N2O6S2/c1-4-24-16(22)11(17)6-8-14(20)18-12(10-26-25-5-2)13(19)7-9-15(21)23-3/h11-12H,4-10,17H2,1-3H3,(H,18,20). The quantitative estimate of drug-likeness (QED) is 0.246. The van der Waals surface area contributed by atoms with Crippen LogP contribution >= 0.6 is 21.6 Å². The number of nitrogens with one attached hydrogen (secondary N) is 1. The molecule has 0 saturated heterocycles. The van der Waals surface area contributed by atoms with Crippen molar-refractivity contribution in [3.63, 3.8) is 0 Å². The van der Waals surface area contributed by atoms with Crippen LogP contribution in [-0.2, 0) is 28.7 Å². The first-order chi connectivity index (χ1) is 12.3. The molecule has 0 rings (SSSR count). The summed E-state index contributed by atoms with van der Waals surface area (Å²) in [6.07, 6.45) is 0.106. The highest BCUT2D eigenvalue weighted by atomic mass is 33.1. The Morgan fingerprint density at radius 3 is 2.35 bits per heavy atom. The SMILES string of the molecule is CCOC(=O)C(N)CCC(=O)NC(CSSCC)C(=O)CCC(=O)OC. The van der Waals surface area contributed by atoms with Gasteiger partial charge in [-0.3, -0.25) is 19.2 Å². The van der Waals surface area contributed by atoms with E-state index >= 15 is 0 Å². The summed E-state index contributed by atoms with van der Waals surface area (Å²) < 4.78 is 9.31. The van der Waals surface area contributed by atoms with Crippen molar-refractivity contribution in [1.29, 1.82) is 0 Å². The maximum Gasteiger partial charge on any atom is 0.322 e. The summed E-state index contributed by atoms with van der Waals surface area (Å²) >= 11 is 0. The lowest BCUT2D eigenvalue weighted by molar-refractivity contribution is -0.145. The summed E-state index contributed by atoms with van der Waals surface area (Å²) in [4.78, 5) is 47.0. The predicted octanol–water partition coefficient (Wildman–Crippen LogP) is 1.07. The number of ketones is 1. The van der Waals surface area contributed by atoms with E-state index < -0.39 is 24.0 Å². The zero-order valence-electron chi connectivity index (χ0n) is 15.4. The van der Waals surface area contributed by atoms with Gasteiger partial charge in [0.25, 0.3) is 0 Å².